The predicted molar refractivity (Wildman–Crippen MR) is 177 cm³/mol. The number of hydrogen-bond acceptors (Lipinski definition) is 11. The quantitative estimate of drug-likeness (QED) is 0.0810. The van der Waals surface area contributed by atoms with Crippen LogP contribution in [-0.4, -0.2) is 62.9 Å². The van der Waals surface area contributed by atoms with Crippen molar-refractivity contribution in [3.8, 4) is 11.8 Å². The molecule has 1 heterocycles. The van der Waals surface area contributed by atoms with Gasteiger partial charge in [0, 0.05) is 26.9 Å². The van der Waals surface area contributed by atoms with Crippen molar-refractivity contribution in [2.45, 2.75) is 53.4 Å². The fourth-order valence-corrected chi connectivity index (χ4v) is 5.35. The van der Waals surface area contributed by atoms with Crippen LogP contribution in [-0.2, 0) is 31.8 Å². The average molecular weight is 631 g/mol. The van der Waals surface area contributed by atoms with E-state index in [1.54, 1.807) is 14.0 Å². The van der Waals surface area contributed by atoms with E-state index in [0.29, 0.717) is 37.3 Å². The van der Waals surface area contributed by atoms with Gasteiger partial charge in [0.05, 0.1) is 13.7 Å². The second-order valence-electron chi connectivity index (χ2n) is 8.68. The van der Waals surface area contributed by atoms with Crippen LogP contribution in [0.2, 0.25) is 0 Å². The summed E-state index contributed by atoms with van der Waals surface area (Å²) in [5.41, 5.74) is 8.37. The Morgan fingerprint density at radius 3 is 2.34 bits per heavy atom. The normalized spacial score (nSPS) is 11.4. The van der Waals surface area contributed by atoms with Crippen molar-refractivity contribution in [3.63, 3.8) is 0 Å². The Balaban J connectivity index is 0.00000232. The largest absolute Gasteiger partial charge is 0.468 e. The number of esters is 1. The second-order valence-corrected chi connectivity index (χ2v) is 10.2. The van der Waals surface area contributed by atoms with E-state index in [-0.39, 0.29) is 30.1 Å². The van der Waals surface area contributed by atoms with Crippen molar-refractivity contribution in [2.24, 2.45) is 0 Å². The standard InChI is InChI=1S/C27H35N6O6P.2C2H6/c1-19(26(35)37-4)32-40(39-22-11-6-5-7-12-22)17-21-10-8-9-20(15-21)16-33(2)25-23(29-18-34)24(28)30-27(31-25)38-14-13-36-3;2*1-2/h5-12,15,18-19,32H,13-14,16-17H2,1-4H3,(H,29,34)(H2,28,30,31);2*1-2H3. The van der Waals surface area contributed by atoms with Gasteiger partial charge in [-0.3, -0.25) is 14.7 Å². The summed E-state index contributed by atoms with van der Waals surface area (Å²) in [6.45, 7) is 10.8. The molecule has 3 aromatic rings. The highest BCUT2D eigenvalue weighted by Gasteiger charge is 2.22. The van der Waals surface area contributed by atoms with Crippen LogP contribution in [0.3, 0.4) is 0 Å². The number of amides is 1. The zero-order chi connectivity index (χ0) is 32.9. The summed E-state index contributed by atoms with van der Waals surface area (Å²) in [7, 11) is 3.48. The number of nitrogens with zero attached hydrogens (tertiary/aromatic N) is 3. The van der Waals surface area contributed by atoms with Crippen LogP contribution in [0.1, 0.15) is 45.7 Å². The molecule has 0 spiro atoms. The van der Waals surface area contributed by atoms with Gasteiger partial charge in [0.15, 0.2) is 19.9 Å². The third-order valence-electron chi connectivity index (χ3n) is 5.57. The number of hydrogen-bond donors (Lipinski definition) is 3. The molecule has 0 aliphatic carbocycles. The van der Waals surface area contributed by atoms with Gasteiger partial charge in [0.25, 0.3) is 0 Å². The minimum Gasteiger partial charge on any atom is -0.468 e. The first kappa shape index (κ1) is 38.0. The maximum absolute atomic E-state index is 12.1. The first-order valence-corrected chi connectivity index (χ1v) is 15.9. The molecule has 4 N–H and O–H groups in total. The molecule has 0 saturated heterocycles. The van der Waals surface area contributed by atoms with E-state index in [4.69, 9.17) is 24.5 Å². The zero-order valence-electron chi connectivity index (χ0n) is 27.0. The minimum absolute atomic E-state index is 0.0797. The molecule has 0 saturated carbocycles. The van der Waals surface area contributed by atoms with Crippen molar-refractivity contribution in [1.29, 1.82) is 0 Å². The Bertz CT molecular complexity index is 1250. The smallest absolute Gasteiger partial charge is 0.322 e. The number of carbonyl (C=O) groups excluding carboxylic acids is 2. The number of benzene rings is 2. The van der Waals surface area contributed by atoms with Gasteiger partial charge in [-0.1, -0.05) is 70.2 Å². The van der Waals surface area contributed by atoms with E-state index in [1.165, 1.54) is 7.11 Å². The highest BCUT2D eigenvalue weighted by atomic mass is 31.2. The minimum atomic E-state index is -1.27. The Morgan fingerprint density at radius 2 is 1.70 bits per heavy atom. The highest BCUT2D eigenvalue weighted by Crippen LogP contribution is 2.39. The van der Waals surface area contributed by atoms with E-state index >= 15 is 0 Å². The molecule has 242 valence electrons. The van der Waals surface area contributed by atoms with Crippen molar-refractivity contribution >= 4 is 38.0 Å². The predicted octanol–water partition coefficient (Wildman–Crippen LogP) is 5.38. The molecule has 2 atom stereocenters. The molecule has 0 fully saturated rings. The third kappa shape index (κ3) is 12.7. The summed E-state index contributed by atoms with van der Waals surface area (Å²) in [6, 6.07) is 17.0. The number of aromatic nitrogens is 2. The van der Waals surface area contributed by atoms with Gasteiger partial charge in [0.1, 0.15) is 24.1 Å². The van der Waals surface area contributed by atoms with Gasteiger partial charge < -0.3 is 34.7 Å². The number of nitrogens with two attached hydrogens (primary N) is 1. The van der Waals surface area contributed by atoms with E-state index in [9.17, 15) is 9.59 Å². The van der Waals surface area contributed by atoms with Gasteiger partial charge >= 0.3 is 12.0 Å². The number of nitrogens with one attached hydrogen (secondary N) is 2. The summed E-state index contributed by atoms with van der Waals surface area (Å²) in [5.74, 6) is 0.823. The van der Waals surface area contributed by atoms with Crippen LogP contribution in [0.15, 0.2) is 54.6 Å². The molecule has 44 heavy (non-hydrogen) atoms. The maximum atomic E-state index is 12.1. The summed E-state index contributed by atoms with van der Waals surface area (Å²) in [5, 5.41) is 5.85. The first-order chi connectivity index (χ1) is 21.3. The molecular weight excluding hydrogens is 583 g/mol. The third-order valence-corrected chi connectivity index (χ3v) is 7.33. The van der Waals surface area contributed by atoms with Gasteiger partial charge in [-0.2, -0.15) is 9.97 Å². The monoisotopic (exact) mass is 630 g/mol. The zero-order valence-corrected chi connectivity index (χ0v) is 27.9. The average Bonchev–Trinajstić information content (AvgIpc) is 3.04. The van der Waals surface area contributed by atoms with Crippen LogP contribution in [0.25, 0.3) is 0 Å². The first-order valence-electron chi connectivity index (χ1n) is 14.5. The summed E-state index contributed by atoms with van der Waals surface area (Å²) < 4.78 is 21.7. The lowest BCUT2D eigenvalue weighted by Gasteiger charge is -2.24. The van der Waals surface area contributed by atoms with Gasteiger partial charge in [0.2, 0.25) is 6.41 Å². The summed E-state index contributed by atoms with van der Waals surface area (Å²) in [6.07, 6.45) is 1.06. The Hall–Kier alpha value is -3.99. The van der Waals surface area contributed by atoms with Crippen LogP contribution in [0.5, 0.6) is 11.8 Å². The molecule has 1 amide bonds. The van der Waals surface area contributed by atoms with Crippen molar-refractivity contribution in [3.05, 3.63) is 65.7 Å². The van der Waals surface area contributed by atoms with Crippen LogP contribution in [0, 0.1) is 0 Å². The molecule has 0 bridgehead atoms. The number of carbonyl (C=O) groups is 2. The van der Waals surface area contributed by atoms with Gasteiger partial charge in [-0.05, 0) is 30.2 Å². The van der Waals surface area contributed by atoms with Crippen LogP contribution in [0.4, 0.5) is 17.3 Å². The molecular formula is C31H47N6O6P. The fraction of sp³-hybridized carbons (Fsp3) is 0.419. The van der Waals surface area contributed by atoms with Gasteiger partial charge in [-0.25, -0.2) is 0 Å². The molecule has 2 aromatic carbocycles. The molecule has 0 aliphatic heterocycles. The van der Waals surface area contributed by atoms with Crippen molar-refractivity contribution < 1.29 is 28.3 Å². The lowest BCUT2D eigenvalue weighted by Crippen LogP contribution is -2.32. The van der Waals surface area contributed by atoms with E-state index in [2.05, 4.69) is 26.4 Å². The van der Waals surface area contributed by atoms with Gasteiger partial charge in [-0.15, -0.1) is 0 Å². The number of para-hydroxylation sites is 1. The lowest BCUT2D eigenvalue weighted by molar-refractivity contribution is -0.142. The number of nitrogen functional groups attached to an aromatic ring is 1. The highest BCUT2D eigenvalue weighted by molar-refractivity contribution is 7.50. The van der Waals surface area contributed by atoms with Crippen molar-refractivity contribution in [2.75, 3.05) is 50.4 Å². The van der Waals surface area contributed by atoms with Crippen LogP contribution < -0.4 is 30.3 Å². The fourth-order valence-electron chi connectivity index (χ4n) is 3.70. The molecule has 13 heteroatoms. The summed E-state index contributed by atoms with van der Waals surface area (Å²) >= 11 is 0. The summed E-state index contributed by atoms with van der Waals surface area (Å²) in [4.78, 5) is 33.7. The maximum Gasteiger partial charge on any atom is 0.322 e. The number of rotatable bonds is 16. The number of ether oxygens (including phenoxy) is 3. The number of anilines is 3. The SMILES string of the molecule is CC.CC.COCCOc1nc(N)c(NC=O)c(N(C)Cc2cccc(CP(NC(C)C(=O)OC)Oc3ccccc3)c2)n1. The van der Waals surface area contributed by atoms with Crippen molar-refractivity contribution in [1.82, 2.24) is 15.1 Å². The molecule has 1 aromatic heterocycles. The van der Waals surface area contributed by atoms with E-state index in [0.717, 1.165) is 11.1 Å². The van der Waals surface area contributed by atoms with E-state index in [1.807, 2.05) is 88.2 Å². The van der Waals surface area contributed by atoms with Crippen LogP contribution >= 0.6 is 8.30 Å². The Morgan fingerprint density at radius 1 is 1.02 bits per heavy atom. The molecule has 0 aliphatic rings. The molecule has 12 nitrogen and oxygen atoms in total. The Kier molecular flexibility index (Phi) is 18.7. The lowest BCUT2D eigenvalue weighted by atomic mass is 10.1. The Labute approximate surface area is 262 Å². The molecule has 0 radical (unpaired) electrons. The molecule has 2 unspecified atom stereocenters. The number of methoxy groups -OCH3 is 2. The molecule has 3 rings (SSSR count). The topological polar surface area (TPSA) is 150 Å². The van der Waals surface area contributed by atoms with E-state index < -0.39 is 14.3 Å². The second kappa shape index (κ2) is 21.7.